The van der Waals surface area contributed by atoms with E-state index < -0.39 is 120 Å². The summed E-state index contributed by atoms with van der Waals surface area (Å²) in [5.74, 6) is -8.72. The Balaban J connectivity index is 1.39. The zero-order valence-corrected chi connectivity index (χ0v) is 45.1. The standard InChI is InChI=1S/C56H71N9O10S2/c1-31(2)49-48(69)27-39(53(72)65-50(32(3)66)51(59)70)29-76-77-30-46(63-54(73)42(58)24-34-15-18-35-10-4-5-11-36(35)23-34)47(68)26-37(22-33-16-19-40(67)20-17-33)52(71)62-45(25-38-28-60-43-13-7-6-12-41(38)43)56(75)61-44(55(74)64-49)14-8-9-21-57/h4-7,10-13,15-20,23,28,31-32,37,39,42,44-46,49-50,60,66-67H,8-9,14,21-22,24-27,29-30,57-58H2,1-3H3,(H2,59,70)(H,61,75)(H,62,71)(H,63,73)(H,64,74)(H,65,72)/t32-,37-,39-,42-,44+,45-,46-,49+,50+/m1/s1. The van der Waals surface area contributed by atoms with Crippen LogP contribution in [0, 0.1) is 17.8 Å². The predicted octanol–water partition coefficient (Wildman–Crippen LogP) is 3.00. The van der Waals surface area contributed by atoms with Gasteiger partial charge < -0.3 is 59.0 Å². The van der Waals surface area contributed by atoms with E-state index in [1.807, 2.05) is 66.7 Å². The SMILES string of the molecule is CC(C)[C@@H]1NC(=O)[C@H](CCCCN)NC(=O)[C@@H](Cc2c[nH]c3ccccc23)NC(=O)[C@H](Cc2ccc(O)cc2)CC(=O)[C@H](NC(=O)[C@H](N)Cc2ccc3ccccc3c2)CSSC[C@H](C(=O)N[C@H](C(N)=O)[C@@H](C)O)CC1=O. The minimum Gasteiger partial charge on any atom is -0.508 e. The second-order valence-corrected chi connectivity index (χ2v) is 22.6. The summed E-state index contributed by atoms with van der Waals surface area (Å²) in [4.78, 5) is 117. The Bertz CT molecular complexity index is 2880. The number of carbonyl (C=O) groups excluding carboxylic acids is 8. The van der Waals surface area contributed by atoms with Gasteiger partial charge in [-0.25, -0.2) is 0 Å². The number of nitrogens with one attached hydrogen (secondary N) is 6. The molecule has 5 aromatic rings. The van der Waals surface area contributed by atoms with E-state index in [9.17, 15) is 48.6 Å². The van der Waals surface area contributed by atoms with Gasteiger partial charge in [-0.05, 0) is 97.2 Å². The molecule has 77 heavy (non-hydrogen) atoms. The number of hydrogen-bond acceptors (Lipinski definition) is 14. The van der Waals surface area contributed by atoms with Crippen LogP contribution < -0.4 is 43.8 Å². The van der Waals surface area contributed by atoms with E-state index in [2.05, 4.69) is 31.6 Å². The molecule has 19 nitrogen and oxygen atoms in total. The molecule has 1 fully saturated rings. The lowest BCUT2D eigenvalue weighted by molar-refractivity contribution is -0.136. The van der Waals surface area contributed by atoms with Crippen LogP contribution in [0.15, 0.2) is 97.2 Å². The average molecular weight is 1090 g/mol. The van der Waals surface area contributed by atoms with Crippen LogP contribution >= 0.6 is 21.6 Å². The molecule has 0 saturated carbocycles. The van der Waals surface area contributed by atoms with Crippen molar-refractivity contribution in [3.63, 3.8) is 0 Å². The smallest absolute Gasteiger partial charge is 0.243 e. The molecule has 2 heterocycles. The third kappa shape index (κ3) is 17.1. The third-order valence-corrected chi connectivity index (χ3v) is 16.2. The number of amides is 6. The molecule has 1 aromatic heterocycles. The first-order chi connectivity index (χ1) is 36.8. The Morgan fingerprint density at radius 2 is 1.42 bits per heavy atom. The number of para-hydroxylation sites is 1. The topological polar surface area (TPSA) is 331 Å². The molecule has 1 aliphatic heterocycles. The van der Waals surface area contributed by atoms with Gasteiger partial charge >= 0.3 is 0 Å². The molecule has 412 valence electrons. The number of aromatic hydroxyl groups is 1. The van der Waals surface area contributed by atoms with Crippen molar-refractivity contribution in [2.24, 2.45) is 35.0 Å². The van der Waals surface area contributed by atoms with Gasteiger partial charge in [-0.3, -0.25) is 38.4 Å². The van der Waals surface area contributed by atoms with Crippen LogP contribution in [0.2, 0.25) is 0 Å². The second kappa shape index (κ2) is 28.6. The minimum absolute atomic E-state index is 0.0252. The number of aromatic nitrogens is 1. The number of aromatic amines is 1. The maximum atomic E-state index is 14.9. The van der Waals surface area contributed by atoms with Gasteiger partial charge in [0, 0.05) is 53.8 Å². The van der Waals surface area contributed by atoms with Crippen LogP contribution in [0.4, 0.5) is 0 Å². The van der Waals surface area contributed by atoms with Crippen LogP contribution in [0.1, 0.15) is 69.6 Å². The fourth-order valence-electron chi connectivity index (χ4n) is 9.24. The number of rotatable bonds is 17. The molecular weight excluding hydrogens is 1020 g/mol. The number of primary amides is 1. The van der Waals surface area contributed by atoms with Crippen molar-refractivity contribution in [1.82, 2.24) is 31.6 Å². The number of hydrogen-bond donors (Lipinski definition) is 11. The van der Waals surface area contributed by atoms with Crippen molar-refractivity contribution in [1.29, 1.82) is 0 Å². The lowest BCUT2D eigenvalue weighted by Crippen LogP contribution is -2.57. The molecule has 6 rings (SSSR count). The molecule has 14 N–H and O–H groups in total. The van der Waals surface area contributed by atoms with Crippen molar-refractivity contribution in [2.45, 2.75) is 114 Å². The Labute approximate surface area is 455 Å². The molecule has 0 radical (unpaired) electrons. The molecule has 6 amide bonds. The fraction of sp³-hybridized carbons (Fsp3) is 0.429. The number of ketones is 2. The summed E-state index contributed by atoms with van der Waals surface area (Å²) < 4.78 is 0. The van der Waals surface area contributed by atoms with E-state index in [0.717, 1.165) is 48.8 Å². The highest BCUT2D eigenvalue weighted by Crippen LogP contribution is 2.29. The van der Waals surface area contributed by atoms with E-state index in [-0.39, 0.29) is 42.9 Å². The zero-order valence-electron chi connectivity index (χ0n) is 43.5. The number of unbranched alkanes of at least 4 members (excludes halogenated alkanes) is 1. The lowest BCUT2D eigenvalue weighted by atomic mass is 9.90. The van der Waals surface area contributed by atoms with Gasteiger partial charge in [-0.1, -0.05) is 108 Å². The Morgan fingerprint density at radius 1 is 0.753 bits per heavy atom. The first-order valence-corrected chi connectivity index (χ1v) is 28.4. The number of fused-ring (bicyclic) bond motifs is 2. The van der Waals surface area contributed by atoms with E-state index in [4.69, 9.17) is 17.2 Å². The molecule has 21 heteroatoms. The fourth-order valence-corrected chi connectivity index (χ4v) is 11.7. The molecule has 9 atom stereocenters. The van der Waals surface area contributed by atoms with Crippen LogP contribution in [0.3, 0.4) is 0 Å². The van der Waals surface area contributed by atoms with Gasteiger partial charge in [0.15, 0.2) is 11.6 Å². The number of phenols is 1. The summed E-state index contributed by atoms with van der Waals surface area (Å²) in [6.45, 7) is 4.99. The van der Waals surface area contributed by atoms with E-state index in [1.165, 1.54) is 19.1 Å². The summed E-state index contributed by atoms with van der Waals surface area (Å²) in [5, 5.41) is 37.1. The number of nitrogens with two attached hydrogens (primary N) is 3. The zero-order chi connectivity index (χ0) is 55.8. The van der Waals surface area contributed by atoms with E-state index >= 15 is 0 Å². The Morgan fingerprint density at radius 3 is 2.12 bits per heavy atom. The van der Waals surface area contributed by atoms with Crippen molar-refractivity contribution >= 4 is 90.3 Å². The van der Waals surface area contributed by atoms with Crippen molar-refractivity contribution < 1.29 is 48.6 Å². The first-order valence-electron chi connectivity index (χ1n) is 25.9. The number of aliphatic hydroxyl groups excluding tert-OH is 1. The summed E-state index contributed by atoms with van der Waals surface area (Å²) in [7, 11) is 2.20. The lowest BCUT2D eigenvalue weighted by Gasteiger charge is -2.29. The van der Waals surface area contributed by atoms with Gasteiger partial charge in [0.05, 0.1) is 30.1 Å². The number of carbonyl (C=O) groups is 8. The maximum Gasteiger partial charge on any atom is 0.243 e. The predicted molar refractivity (Wildman–Crippen MR) is 299 cm³/mol. The summed E-state index contributed by atoms with van der Waals surface area (Å²) in [6, 6.07) is 19.4. The van der Waals surface area contributed by atoms with Gasteiger partial charge in [0.25, 0.3) is 0 Å². The van der Waals surface area contributed by atoms with Gasteiger partial charge in [0.1, 0.15) is 23.9 Å². The van der Waals surface area contributed by atoms with Crippen molar-refractivity contribution in [2.75, 3.05) is 18.1 Å². The molecule has 0 bridgehead atoms. The van der Waals surface area contributed by atoms with Gasteiger partial charge in [-0.15, -0.1) is 0 Å². The number of H-pyrrole nitrogens is 1. The highest BCUT2D eigenvalue weighted by Gasteiger charge is 2.37. The Hall–Kier alpha value is -6.78. The van der Waals surface area contributed by atoms with Crippen molar-refractivity contribution in [3.8, 4) is 5.75 Å². The second-order valence-electron chi connectivity index (χ2n) is 20.1. The molecule has 0 spiro atoms. The third-order valence-electron chi connectivity index (χ3n) is 13.7. The van der Waals surface area contributed by atoms with Crippen LogP contribution in [0.5, 0.6) is 5.75 Å². The summed E-state index contributed by atoms with van der Waals surface area (Å²) in [5.41, 5.74) is 20.7. The van der Waals surface area contributed by atoms with Crippen LogP contribution in [0.25, 0.3) is 21.7 Å². The van der Waals surface area contributed by atoms with Gasteiger partial charge in [-0.2, -0.15) is 0 Å². The van der Waals surface area contributed by atoms with Crippen LogP contribution in [-0.4, -0.2) is 123 Å². The summed E-state index contributed by atoms with van der Waals surface area (Å²) >= 11 is 0. The monoisotopic (exact) mass is 1090 g/mol. The highest BCUT2D eigenvalue weighted by molar-refractivity contribution is 8.76. The summed E-state index contributed by atoms with van der Waals surface area (Å²) in [6.07, 6.45) is 0.484. The molecule has 0 aliphatic carbocycles. The molecular formula is C56H71N9O10S2. The molecule has 1 aliphatic rings. The Kier molecular flexibility index (Phi) is 22.1. The molecule has 1 saturated heterocycles. The first kappa shape index (κ1) is 59.5. The van der Waals surface area contributed by atoms with Gasteiger partial charge in [0.2, 0.25) is 35.4 Å². The normalized spacial score (nSPS) is 21.8. The average Bonchev–Trinajstić information content (AvgIpc) is 3.81. The largest absolute Gasteiger partial charge is 0.508 e. The minimum atomic E-state index is -1.50. The van der Waals surface area contributed by atoms with Crippen LogP contribution in [-0.2, 0) is 57.6 Å². The highest BCUT2D eigenvalue weighted by atomic mass is 33.1. The number of phenolic OH excluding ortho intramolecular Hbond substituents is 1. The number of Topliss-reactive ketones (excluding diaryl/α,β-unsaturated/α-hetero) is 2. The molecule has 4 aromatic carbocycles. The number of benzene rings is 4. The van der Waals surface area contributed by atoms with E-state index in [1.54, 1.807) is 32.2 Å². The van der Waals surface area contributed by atoms with E-state index in [0.29, 0.717) is 30.5 Å². The maximum absolute atomic E-state index is 14.9. The quantitative estimate of drug-likeness (QED) is 0.0471. The van der Waals surface area contributed by atoms with Crippen molar-refractivity contribution in [3.05, 3.63) is 114 Å². The number of aliphatic hydroxyl groups is 1. The molecule has 0 unspecified atom stereocenters.